The van der Waals surface area contributed by atoms with E-state index >= 15 is 0 Å². The molecule has 2 aromatic carbocycles. The Labute approximate surface area is 116 Å². The molecule has 20 heavy (non-hydrogen) atoms. The Kier molecular flexibility index (Phi) is 3.98. The molecule has 0 aliphatic rings. The molecule has 0 saturated carbocycles. The van der Waals surface area contributed by atoms with E-state index in [1.807, 2.05) is 0 Å². The van der Waals surface area contributed by atoms with E-state index in [0.29, 0.717) is 23.4 Å². The minimum atomic E-state index is -0.400. The van der Waals surface area contributed by atoms with Gasteiger partial charge in [0.05, 0.1) is 4.92 Å². The number of nitrogens with zero attached hydrogens (tertiary/aromatic N) is 1. The van der Waals surface area contributed by atoms with Crippen LogP contribution in [0.25, 0.3) is 0 Å². The van der Waals surface area contributed by atoms with Crippen molar-refractivity contribution in [1.29, 1.82) is 0 Å². The van der Waals surface area contributed by atoms with E-state index in [1.54, 1.807) is 38.1 Å². The number of nitro benzene ring substituents is 1. The predicted octanol–water partition coefficient (Wildman–Crippen LogP) is 3.96. The lowest BCUT2D eigenvalue weighted by atomic mass is 10.1. The minimum absolute atomic E-state index is 0.0882. The molecule has 104 valence electrons. The maximum absolute atomic E-state index is 13.2. The molecule has 2 rings (SSSR count). The van der Waals surface area contributed by atoms with E-state index in [1.165, 1.54) is 12.1 Å². The quantitative estimate of drug-likeness (QED) is 0.678. The topological polar surface area (TPSA) is 55.2 Å². The van der Waals surface area contributed by atoms with Crippen molar-refractivity contribution in [3.05, 3.63) is 69.0 Å². The van der Waals surface area contributed by atoms with Crippen molar-refractivity contribution in [2.75, 3.05) is 5.32 Å². The van der Waals surface area contributed by atoms with E-state index in [9.17, 15) is 14.5 Å². The molecule has 0 fully saturated rings. The first-order chi connectivity index (χ1) is 9.49. The molecule has 1 N–H and O–H groups in total. The van der Waals surface area contributed by atoms with Gasteiger partial charge in [-0.25, -0.2) is 4.39 Å². The Morgan fingerprint density at radius 3 is 2.65 bits per heavy atom. The van der Waals surface area contributed by atoms with Gasteiger partial charge in [-0.1, -0.05) is 18.2 Å². The summed E-state index contributed by atoms with van der Waals surface area (Å²) in [6.45, 7) is 3.90. The van der Waals surface area contributed by atoms with Crippen LogP contribution in [0, 0.1) is 29.8 Å². The van der Waals surface area contributed by atoms with Gasteiger partial charge in [-0.05, 0) is 37.1 Å². The SMILES string of the molecule is Cc1cc(CNc2cccc([N+](=O)[O-])c2C)ccc1F. The highest BCUT2D eigenvalue weighted by molar-refractivity contribution is 5.59. The van der Waals surface area contributed by atoms with Gasteiger partial charge in [-0.15, -0.1) is 0 Å². The summed E-state index contributed by atoms with van der Waals surface area (Å²) in [6, 6.07) is 9.79. The van der Waals surface area contributed by atoms with Crippen molar-refractivity contribution in [2.45, 2.75) is 20.4 Å². The zero-order valence-corrected chi connectivity index (χ0v) is 11.3. The summed E-state index contributed by atoms with van der Waals surface area (Å²) >= 11 is 0. The summed E-state index contributed by atoms with van der Waals surface area (Å²) < 4.78 is 13.2. The highest BCUT2D eigenvalue weighted by Gasteiger charge is 2.12. The number of benzene rings is 2. The van der Waals surface area contributed by atoms with Crippen LogP contribution in [0.5, 0.6) is 0 Å². The number of aryl methyl sites for hydroxylation is 1. The van der Waals surface area contributed by atoms with Gasteiger partial charge in [0.2, 0.25) is 0 Å². The van der Waals surface area contributed by atoms with E-state index in [4.69, 9.17) is 0 Å². The second-order valence-corrected chi connectivity index (χ2v) is 4.64. The number of hydrogen-bond acceptors (Lipinski definition) is 3. The van der Waals surface area contributed by atoms with Crippen LogP contribution in [0.15, 0.2) is 36.4 Å². The van der Waals surface area contributed by atoms with Crippen LogP contribution in [0.3, 0.4) is 0 Å². The molecule has 5 heteroatoms. The van der Waals surface area contributed by atoms with Gasteiger partial charge < -0.3 is 5.32 Å². The molecule has 0 saturated heterocycles. The summed E-state index contributed by atoms with van der Waals surface area (Å²) in [5.41, 5.74) is 2.90. The van der Waals surface area contributed by atoms with Crippen molar-refractivity contribution in [2.24, 2.45) is 0 Å². The van der Waals surface area contributed by atoms with E-state index in [0.717, 1.165) is 5.56 Å². The maximum atomic E-state index is 13.2. The largest absolute Gasteiger partial charge is 0.381 e. The Morgan fingerprint density at radius 2 is 2.00 bits per heavy atom. The van der Waals surface area contributed by atoms with Gasteiger partial charge in [0.25, 0.3) is 5.69 Å². The number of nitro groups is 1. The third kappa shape index (κ3) is 2.93. The molecule has 0 heterocycles. The zero-order chi connectivity index (χ0) is 14.7. The zero-order valence-electron chi connectivity index (χ0n) is 11.3. The van der Waals surface area contributed by atoms with Crippen molar-refractivity contribution < 1.29 is 9.31 Å². The molecule has 0 atom stereocenters. The number of anilines is 1. The van der Waals surface area contributed by atoms with Crippen molar-refractivity contribution in [3.63, 3.8) is 0 Å². The van der Waals surface area contributed by atoms with Crippen molar-refractivity contribution in [3.8, 4) is 0 Å². The van der Waals surface area contributed by atoms with Gasteiger partial charge in [0.1, 0.15) is 5.82 Å². The van der Waals surface area contributed by atoms with E-state index < -0.39 is 4.92 Å². The summed E-state index contributed by atoms with van der Waals surface area (Å²) in [6.07, 6.45) is 0. The lowest BCUT2D eigenvalue weighted by molar-refractivity contribution is -0.385. The fourth-order valence-corrected chi connectivity index (χ4v) is 2.03. The molecule has 0 aliphatic carbocycles. The predicted molar refractivity (Wildman–Crippen MR) is 76.3 cm³/mol. The van der Waals surface area contributed by atoms with Crippen LogP contribution >= 0.6 is 0 Å². The lowest BCUT2D eigenvalue weighted by Crippen LogP contribution is -2.03. The van der Waals surface area contributed by atoms with Gasteiger partial charge >= 0.3 is 0 Å². The molecule has 0 aliphatic heterocycles. The highest BCUT2D eigenvalue weighted by Crippen LogP contribution is 2.25. The maximum Gasteiger partial charge on any atom is 0.274 e. The number of halogens is 1. The fourth-order valence-electron chi connectivity index (χ4n) is 2.03. The Balaban J connectivity index is 2.17. The summed E-state index contributed by atoms with van der Waals surface area (Å²) in [4.78, 5) is 10.5. The smallest absolute Gasteiger partial charge is 0.274 e. The summed E-state index contributed by atoms with van der Waals surface area (Å²) in [7, 11) is 0. The first kappa shape index (κ1) is 14.0. The van der Waals surface area contributed by atoms with Crippen LogP contribution < -0.4 is 5.32 Å². The van der Waals surface area contributed by atoms with Crippen LogP contribution in [0.4, 0.5) is 15.8 Å². The van der Waals surface area contributed by atoms with Gasteiger partial charge in [-0.2, -0.15) is 0 Å². The average molecular weight is 274 g/mol. The first-order valence-electron chi connectivity index (χ1n) is 6.22. The van der Waals surface area contributed by atoms with Crippen molar-refractivity contribution in [1.82, 2.24) is 0 Å². The van der Waals surface area contributed by atoms with Crippen LogP contribution in [0.2, 0.25) is 0 Å². The lowest BCUT2D eigenvalue weighted by Gasteiger charge is -2.10. The fraction of sp³-hybridized carbons (Fsp3) is 0.200. The van der Waals surface area contributed by atoms with Crippen molar-refractivity contribution >= 4 is 11.4 Å². The Morgan fingerprint density at radius 1 is 1.25 bits per heavy atom. The molecule has 0 radical (unpaired) electrons. The normalized spacial score (nSPS) is 10.3. The molecular weight excluding hydrogens is 259 g/mol. The molecule has 0 unspecified atom stereocenters. The number of rotatable bonds is 4. The molecule has 2 aromatic rings. The Hall–Kier alpha value is -2.43. The van der Waals surface area contributed by atoms with Gasteiger partial charge in [0, 0.05) is 23.9 Å². The molecule has 0 spiro atoms. The second kappa shape index (κ2) is 5.69. The average Bonchev–Trinajstić information content (AvgIpc) is 2.41. The number of nitrogens with one attached hydrogen (secondary N) is 1. The van der Waals surface area contributed by atoms with E-state index in [2.05, 4.69) is 5.32 Å². The van der Waals surface area contributed by atoms with Crippen LogP contribution in [0.1, 0.15) is 16.7 Å². The third-order valence-corrected chi connectivity index (χ3v) is 3.21. The molecule has 4 nitrogen and oxygen atoms in total. The highest BCUT2D eigenvalue weighted by atomic mass is 19.1. The molecule has 0 bridgehead atoms. The number of hydrogen-bond donors (Lipinski definition) is 1. The molecular formula is C15H15FN2O2. The van der Waals surface area contributed by atoms with Gasteiger partial charge in [0.15, 0.2) is 0 Å². The monoisotopic (exact) mass is 274 g/mol. The summed E-state index contributed by atoms with van der Waals surface area (Å²) in [5.74, 6) is -0.236. The standard InChI is InChI=1S/C15H15FN2O2/c1-10-8-12(6-7-13(10)16)9-17-14-4-3-5-15(11(14)2)18(19)20/h3-8,17H,9H2,1-2H3. The summed E-state index contributed by atoms with van der Waals surface area (Å²) in [5, 5.41) is 14.0. The van der Waals surface area contributed by atoms with Crippen LogP contribution in [-0.4, -0.2) is 4.92 Å². The van der Waals surface area contributed by atoms with E-state index in [-0.39, 0.29) is 11.5 Å². The second-order valence-electron chi connectivity index (χ2n) is 4.64. The first-order valence-corrected chi connectivity index (χ1v) is 6.22. The Bertz CT molecular complexity index is 656. The third-order valence-electron chi connectivity index (χ3n) is 3.21. The van der Waals surface area contributed by atoms with Crippen LogP contribution in [-0.2, 0) is 6.54 Å². The molecule has 0 aromatic heterocycles. The minimum Gasteiger partial charge on any atom is -0.381 e. The molecule has 0 amide bonds. The van der Waals surface area contributed by atoms with Gasteiger partial charge in [-0.3, -0.25) is 10.1 Å².